The van der Waals surface area contributed by atoms with Crippen molar-refractivity contribution in [3.05, 3.63) is 23.8 Å². The smallest absolute Gasteiger partial charge is 0.337 e. The lowest BCUT2D eigenvalue weighted by atomic mass is 10.2. The molecule has 1 N–H and O–H groups in total. The summed E-state index contributed by atoms with van der Waals surface area (Å²) < 4.78 is 4.47. The van der Waals surface area contributed by atoms with Crippen LogP contribution in [0, 0.1) is 0 Å². The van der Waals surface area contributed by atoms with Gasteiger partial charge in [-0.1, -0.05) is 11.8 Å². The molecule has 1 aromatic carbocycles. The average molecular weight is 180 g/mol. The van der Waals surface area contributed by atoms with Crippen molar-refractivity contribution in [1.82, 2.24) is 0 Å². The molecule has 0 unspecified atom stereocenters. The number of esters is 1. The van der Waals surface area contributed by atoms with Gasteiger partial charge in [0.05, 0.1) is 12.7 Å². The molecule has 4 nitrogen and oxygen atoms in total. The number of carbonyl (C=O) groups is 1. The highest BCUT2D eigenvalue weighted by Crippen LogP contribution is 2.20. The zero-order valence-corrected chi connectivity index (χ0v) is 7.46. The molecule has 1 rings (SSSR count). The molecule has 0 aliphatic carbocycles. The predicted octanol–water partition coefficient (Wildman–Crippen LogP) is 0.588. The molecule has 0 aliphatic heterocycles. The Labute approximate surface area is 76.1 Å². The van der Waals surface area contributed by atoms with Crippen molar-refractivity contribution in [3.8, 4) is 5.75 Å². The van der Waals surface area contributed by atoms with Crippen LogP contribution in [-0.4, -0.2) is 20.1 Å². The number of rotatable bonds is 2. The SMILES string of the molecule is CNc1ccc(C(=O)OC)cc1[O-]. The number of nitrogens with one attached hydrogen (secondary N) is 1. The van der Waals surface area contributed by atoms with Gasteiger partial charge >= 0.3 is 5.97 Å². The van der Waals surface area contributed by atoms with E-state index in [0.717, 1.165) is 0 Å². The van der Waals surface area contributed by atoms with Gasteiger partial charge in [0.15, 0.2) is 0 Å². The summed E-state index contributed by atoms with van der Waals surface area (Å²) in [4.78, 5) is 11.0. The Morgan fingerprint density at radius 2 is 2.23 bits per heavy atom. The van der Waals surface area contributed by atoms with Gasteiger partial charge in [-0.05, 0) is 12.1 Å². The van der Waals surface area contributed by atoms with Gasteiger partial charge in [-0.15, -0.1) is 0 Å². The molecule has 0 amide bonds. The molecule has 0 fully saturated rings. The van der Waals surface area contributed by atoms with E-state index in [-0.39, 0.29) is 11.3 Å². The Bertz CT molecular complexity index is 323. The summed E-state index contributed by atoms with van der Waals surface area (Å²) in [6.45, 7) is 0. The van der Waals surface area contributed by atoms with E-state index < -0.39 is 5.97 Å². The van der Waals surface area contributed by atoms with Crippen molar-refractivity contribution in [2.45, 2.75) is 0 Å². The molecule has 13 heavy (non-hydrogen) atoms. The highest BCUT2D eigenvalue weighted by molar-refractivity contribution is 5.90. The molecule has 0 saturated carbocycles. The first-order valence-electron chi connectivity index (χ1n) is 3.76. The number of carbonyl (C=O) groups excluding carboxylic acids is 1. The summed E-state index contributed by atoms with van der Waals surface area (Å²) >= 11 is 0. The largest absolute Gasteiger partial charge is 0.871 e. The van der Waals surface area contributed by atoms with Crippen LogP contribution in [0.15, 0.2) is 18.2 Å². The number of benzene rings is 1. The third-order valence-corrected chi connectivity index (χ3v) is 1.67. The quantitative estimate of drug-likeness (QED) is 0.676. The molecule has 1 aromatic rings. The zero-order valence-electron chi connectivity index (χ0n) is 7.46. The van der Waals surface area contributed by atoms with Crippen LogP contribution in [0.2, 0.25) is 0 Å². The molecule has 0 aromatic heterocycles. The molecule has 4 heteroatoms. The summed E-state index contributed by atoms with van der Waals surface area (Å²) in [6, 6.07) is 4.34. The fraction of sp³-hybridized carbons (Fsp3) is 0.222. The van der Waals surface area contributed by atoms with Crippen molar-refractivity contribution < 1.29 is 14.6 Å². The Morgan fingerprint density at radius 1 is 1.54 bits per heavy atom. The van der Waals surface area contributed by atoms with E-state index in [0.29, 0.717) is 5.69 Å². The highest BCUT2D eigenvalue weighted by atomic mass is 16.5. The molecule has 0 bridgehead atoms. The van der Waals surface area contributed by atoms with Crippen molar-refractivity contribution in [1.29, 1.82) is 0 Å². The topological polar surface area (TPSA) is 61.4 Å². The fourth-order valence-electron chi connectivity index (χ4n) is 0.974. The van der Waals surface area contributed by atoms with Crippen LogP contribution in [0.3, 0.4) is 0 Å². The van der Waals surface area contributed by atoms with E-state index in [4.69, 9.17) is 0 Å². The maximum atomic E-state index is 11.2. The van der Waals surface area contributed by atoms with Crippen LogP contribution in [0.4, 0.5) is 5.69 Å². The third-order valence-electron chi connectivity index (χ3n) is 1.67. The second-order valence-corrected chi connectivity index (χ2v) is 2.45. The Hall–Kier alpha value is -1.71. The number of ether oxygens (including phenoxy) is 1. The molecule has 0 aliphatic rings. The van der Waals surface area contributed by atoms with Gasteiger partial charge in [0.2, 0.25) is 0 Å². The molecule has 0 radical (unpaired) electrons. The maximum Gasteiger partial charge on any atom is 0.337 e. The summed E-state index contributed by atoms with van der Waals surface area (Å²) in [5.41, 5.74) is 0.735. The second-order valence-electron chi connectivity index (χ2n) is 2.45. The standard InChI is InChI=1S/C9H11NO3/c1-10-7-4-3-6(5-8(7)11)9(12)13-2/h3-5,10-11H,1-2H3/p-1. The van der Waals surface area contributed by atoms with E-state index >= 15 is 0 Å². The van der Waals surface area contributed by atoms with Gasteiger partial charge in [-0.2, -0.15) is 0 Å². The van der Waals surface area contributed by atoms with Crippen molar-refractivity contribution >= 4 is 11.7 Å². The third kappa shape index (κ3) is 1.90. The number of hydrogen-bond donors (Lipinski definition) is 1. The molecule has 70 valence electrons. The molecule has 0 saturated heterocycles. The summed E-state index contributed by atoms with van der Waals surface area (Å²) in [7, 11) is 2.92. The van der Waals surface area contributed by atoms with E-state index in [1.165, 1.54) is 13.2 Å². The van der Waals surface area contributed by atoms with Gasteiger partial charge in [-0.25, -0.2) is 4.79 Å². The summed E-state index contributed by atoms with van der Waals surface area (Å²) in [5, 5.41) is 13.9. The van der Waals surface area contributed by atoms with Gasteiger partial charge in [-0.3, -0.25) is 0 Å². The first-order valence-corrected chi connectivity index (χ1v) is 3.76. The lowest BCUT2D eigenvalue weighted by Crippen LogP contribution is -2.04. The Morgan fingerprint density at radius 3 is 2.69 bits per heavy atom. The van der Waals surface area contributed by atoms with Crippen LogP contribution < -0.4 is 10.4 Å². The number of methoxy groups -OCH3 is 1. The van der Waals surface area contributed by atoms with Gasteiger partial charge < -0.3 is 15.2 Å². The molecular weight excluding hydrogens is 170 g/mol. The highest BCUT2D eigenvalue weighted by Gasteiger charge is 2.04. The van der Waals surface area contributed by atoms with Crippen molar-refractivity contribution in [2.75, 3.05) is 19.5 Å². The molecule has 0 atom stereocenters. The summed E-state index contributed by atoms with van der Waals surface area (Å²) in [5.74, 6) is -0.717. The minimum Gasteiger partial charge on any atom is -0.871 e. The van der Waals surface area contributed by atoms with Gasteiger partial charge in [0.1, 0.15) is 0 Å². The van der Waals surface area contributed by atoms with E-state index in [1.54, 1.807) is 19.2 Å². The first kappa shape index (κ1) is 9.38. The molecular formula is C9H10NO3-. The van der Waals surface area contributed by atoms with Crippen LogP contribution in [-0.2, 0) is 4.74 Å². The zero-order chi connectivity index (χ0) is 9.84. The van der Waals surface area contributed by atoms with Crippen LogP contribution in [0.25, 0.3) is 0 Å². The van der Waals surface area contributed by atoms with Crippen molar-refractivity contribution in [3.63, 3.8) is 0 Å². The Kier molecular flexibility index (Phi) is 2.74. The van der Waals surface area contributed by atoms with E-state index in [2.05, 4.69) is 10.1 Å². The lowest BCUT2D eigenvalue weighted by Gasteiger charge is -2.13. The van der Waals surface area contributed by atoms with E-state index in [1.807, 2.05) is 0 Å². The van der Waals surface area contributed by atoms with Crippen LogP contribution in [0.1, 0.15) is 10.4 Å². The number of anilines is 1. The number of hydrogen-bond acceptors (Lipinski definition) is 4. The van der Waals surface area contributed by atoms with E-state index in [9.17, 15) is 9.90 Å². The Balaban J connectivity index is 3.02. The van der Waals surface area contributed by atoms with Crippen molar-refractivity contribution in [2.24, 2.45) is 0 Å². The summed E-state index contributed by atoms with van der Waals surface area (Å²) in [6.07, 6.45) is 0. The monoisotopic (exact) mass is 180 g/mol. The second kappa shape index (κ2) is 3.80. The minimum atomic E-state index is -0.500. The van der Waals surface area contributed by atoms with Crippen LogP contribution in [0.5, 0.6) is 5.75 Å². The minimum absolute atomic E-state index is 0.217. The predicted molar refractivity (Wildman–Crippen MR) is 46.8 cm³/mol. The maximum absolute atomic E-state index is 11.2. The first-order chi connectivity index (χ1) is 6.19. The van der Waals surface area contributed by atoms with Gasteiger partial charge in [0.25, 0.3) is 0 Å². The molecule has 0 heterocycles. The van der Waals surface area contributed by atoms with Gasteiger partial charge in [0, 0.05) is 12.7 Å². The van der Waals surface area contributed by atoms with Crippen LogP contribution >= 0.6 is 0 Å². The fourth-order valence-corrected chi connectivity index (χ4v) is 0.974. The molecule has 0 spiro atoms. The lowest BCUT2D eigenvalue weighted by molar-refractivity contribution is -0.267. The average Bonchev–Trinajstić information content (AvgIpc) is 2.16. The normalized spacial score (nSPS) is 9.38.